The Balaban J connectivity index is 1.29. The van der Waals surface area contributed by atoms with Gasteiger partial charge in [0.2, 0.25) is 0 Å². The molecule has 5 heteroatoms. The summed E-state index contributed by atoms with van der Waals surface area (Å²) in [6.07, 6.45) is 26.0. The van der Waals surface area contributed by atoms with Gasteiger partial charge in [0.05, 0.1) is 24.4 Å². The molecular formula is C41H54O5. The van der Waals surface area contributed by atoms with Crippen molar-refractivity contribution in [2.24, 2.45) is 10.8 Å². The number of hydrogen-bond acceptors (Lipinski definition) is 5. The van der Waals surface area contributed by atoms with Crippen molar-refractivity contribution < 1.29 is 24.5 Å². The average Bonchev–Trinajstić information content (AvgIpc) is 3.85. The maximum Gasteiger partial charge on any atom is 0.161 e. The Kier molecular flexibility index (Phi) is 10.6. The van der Waals surface area contributed by atoms with E-state index in [0.29, 0.717) is 44.3 Å². The lowest BCUT2D eigenvalue weighted by Gasteiger charge is -2.40. The molecule has 0 aromatic heterocycles. The summed E-state index contributed by atoms with van der Waals surface area (Å²) in [6.45, 7) is 21.0. The number of ketones is 1. The first-order valence-electron chi connectivity index (χ1n) is 16.6. The number of carbonyl (C=O) groups is 1. The van der Waals surface area contributed by atoms with Gasteiger partial charge < -0.3 is 19.7 Å². The molecule has 1 spiro atoms. The molecule has 6 atom stereocenters. The zero-order chi connectivity index (χ0) is 34.0. The van der Waals surface area contributed by atoms with Crippen LogP contribution in [0.2, 0.25) is 0 Å². The Morgan fingerprint density at radius 3 is 1.98 bits per heavy atom. The third-order valence-corrected chi connectivity index (χ3v) is 10.4. The fourth-order valence-corrected chi connectivity index (χ4v) is 7.57. The van der Waals surface area contributed by atoms with Crippen LogP contribution < -0.4 is 0 Å². The first-order chi connectivity index (χ1) is 21.5. The van der Waals surface area contributed by atoms with Crippen LogP contribution in [-0.4, -0.2) is 51.6 Å². The number of Topliss-reactive ketones (excluding diaryl/α,β-unsaturated/α-hetero) is 1. The van der Waals surface area contributed by atoms with Gasteiger partial charge in [-0.3, -0.25) is 4.79 Å². The fraction of sp³-hybridized carbons (Fsp3) is 0.512. The summed E-state index contributed by atoms with van der Waals surface area (Å²) in [5.41, 5.74) is 6.67. The van der Waals surface area contributed by atoms with Gasteiger partial charge in [0.15, 0.2) is 5.78 Å². The monoisotopic (exact) mass is 626 g/mol. The highest BCUT2D eigenvalue weighted by Gasteiger charge is 2.76. The van der Waals surface area contributed by atoms with Crippen molar-refractivity contribution in [2.45, 2.75) is 117 Å². The van der Waals surface area contributed by atoms with Crippen molar-refractivity contribution in [2.75, 3.05) is 6.61 Å². The zero-order valence-corrected chi connectivity index (χ0v) is 29.2. The quantitative estimate of drug-likeness (QED) is 0.0793. The first-order valence-corrected chi connectivity index (χ1v) is 16.6. The largest absolute Gasteiger partial charge is 0.393 e. The lowest BCUT2D eigenvalue weighted by Crippen LogP contribution is -2.48. The maximum absolute atomic E-state index is 13.1. The third-order valence-electron chi connectivity index (χ3n) is 10.4. The molecule has 4 fully saturated rings. The number of carbonyl (C=O) groups excluding carboxylic acids is 1. The summed E-state index contributed by atoms with van der Waals surface area (Å²) in [5.74, 6) is 0.0907. The Labute approximate surface area is 276 Å². The maximum atomic E-state index is 13.1. The highest BCUT2D eigenvalue weighted by Crippen LogP contribution is 2.67. The molecule has 248 valence electrons. The minimum Gasteiger partial charge on any atom is -0.393 e. The van der Waals surface area contributed by atoms with Gasteiger partial charge in [0.25, 0.3) is 0 Å². The van der Waals surface area contributed by atoms with Gasteiger partial charge in [-0.2, -0.15) is 0 Å². The van der Waals surface area contributed by atoms with Crippen molar-refractivity contribution in [3.8, 4) is 0 Å². The summed E-state index contributed by atoms with van der Waals surface area (Å²) < 4.78 is 12.0. The van der Waals surface area contributed by atoms with Crippen LogP contribution in [0, 0.1) is 10.8 Å². The Hall–Kier alpha value is -3.05. The number of fused-ring (bicyclic) bond motifs is 1. The molecule has 2 aliphatic carbocycles. The van der Waals surface area contributed by atoms with Crippen molar-refractivity contribution in [1.29, 1.82) is 0 Å². The van der Waals surface area contributed by atoms with Crippen LogP contribution in [-0.2, 0) is 14.3 Å². The minimum atomic E-state index is -0.496. The van der Waals surface area contributed by atoms with Crippen LogP contribution in [0.25, 0.3) is 0 Å². The van der Waals surface area contributed by atoms with E-state index < -0.39 is 11.2 Å². The predicted octanol–water partition coefficient (Wildman–Crippen LogP) is 8.31. The third kappa shape index (κ3) is 7.73. The highest BCUT2D eigenvalue weighted by atomic mass is 16.6. The number of rotatable bonds is 11. The number of aliphatic hydroxyl groups excluding tert-OH is 2. The summed E-state index contributed by atoms with van der Waals surface area (Å²) >= 11 is 0. The normalized spacial score (nSPS) is 36.3. The van der Waals surface area contributed by atoms with Crippen molar-refractivity contribution >= 4 is 5.78 Å². The number of hydrogen-bond donors (Lipinski definition) is 2. The number of aliphatic hydroxyl groups is 2. The number of allylic oxidation sites excluding steroid dienone is 15. The Morgan fingerprint density at radius 2 is 1.41 bits per heavy atom. The van der Waals surface area contributed by atoms with Crippen LogP contribution in [0.15, 0.2) is 113 Å². The molecule has 2 saturated heterocycles. The summed E-state index contributed by atoms with van der Waals surface area (Å²) in [7, 11) is 0. The molecule has 0 aromatic rings. The van der Waals surface area contributed by atoms with Crippen molar-refractivity contribution in [1.82, 2.24) is 0 Å². The predicted molar refractivity (Wildman–Crippen MR) is 187 cm³/mol. The SMILES string of the molecule is C=CC1(C)CC(O)CC2(CO2)C1=C=CC(C)=CC=CC(C)=CC=CC=C(C)C=CC=C(C)C(=O)CC12OC1(C)CC(O)CC2(C)C. The zero-order valence-electron chi connectivity index (χ0n) is 29.2. The standard InChI is InChI=1S/C41H54O5/c1-10-38(8)24-34(43)26-40(28-45-40)36(38)22-21-31(4)18-13-17-29(2)15-11-12-16-30(3)19-14-20-32(5)35(44)27-41-37(6,7)23-33(42)25-39(41,9)46-41/h10-21,33-34,42-43H,1,23-28H2,2-9H3. The molecule has 0 bridgehead atoms. The van der Waals surface area contributed by atoms with E-state index in [0.717, 1.165) is 22.3 Å². The summed E-state index contributed by atoms with van der Waals surface area (Å²) in [5, 5.41) is 20.6. The number of ether oxygens (including phenoxy) is 2. The molecule has 0 amide bonds. The lowest BCUT2D eigenvalue weighted by atomic mass is 9.61. The molecule has 2 N–H and O–H groups in total. The molecule has 46 heavy (non-hydrogen) atoms. The van der Waals surface area contributed by atoms with Gasteiger partial charge in [-0.1, -0.05) is 98.8 Å². The molecule has 2 aliphatic heterocycles. The van der Waals surface area contributed by atoms with E-state index in [1.807, 2.05) is 82.4 Å². The van der Waals surface area contributed by atoms with Gasteiger partial charge in [-0.25, -0.2) is 0 Å². The van der Waals surface area contributed by atoms with E-state index in [-0.39, 0.29) is 34.4 Å². The molecule has 0 radical (unpaired) electrons. The van der Waals surface area contributed by atoms with E-state index in [1.165, 1.54) is 0 Å². The van der Waals surface area contributed by atoms with Gasteiger partial charge in [-0.05, 0) is 70.1 Å². The van der Waals surface area contributed by atoms with Crippen LogP contribution in [0.3, 0.4) is 0 Å². The van der Waals surface area contributed by atoms with E-state index in [1.54, 1.807) is 0 Å². The second-order valence-electron chi connectivity index (χ2n) is 15.0. The van der Waals surface area contributed by atoms with Crippen molar-refractivity contribution in [3.05, 3.63) is 113 Å². The second-order valence-corrected chi connectivity index (χ2v) is 15.0. The first kappa shape index (κ1) is 35.8. The second kappa shape index (κ2) is 13.6. The van der Waals surface area contributed by atoms with E-state index in [9.17, 15) is 15.0 Å². The highest BCUT2D eigenvalue weighted by molar-refractivity contribution is 5.96. The molecule has 0 aromatic carbocycles. The Bertz CT molecular complexity index is 1500. The molecule has 6 unspecified atom stereocenters. The van der Waals surface area contributed by atoms with Crippen LogP contribution in [0.5, 0.6) is 0 Å². The van der Waals surface area contributed by atoms with E-state index in [2.05, 4.69) is 58.2 Å². The van der Waals surface area contributed by atoms with Crippen LogP contribution >= 0.6 is 0 Å². The fourth-order valence-electron chi connectivity index (χ4n) is 7.57. The molecule has 5 nitrogen and oxygen atoms in total. The van der Waals surface area contributed by atoms with Crippen LogP contribution in [0.4, 0.5) is 0 Å². The minimum absolute atomic E-state index is 0.0907. The van der Waals surface area contributed by atoms with E-state index >= 15 is 0 Å². The van der Waals surface area contributed by atoms with E-state index in [4.69, 9.17) is 9.47 Å². The smallest absolute Gasteiger partial charge is 0.161 e. The molecule has 2 saturated carbocycles. The molecule has 4 aliphatic rings. The van der Waals surface area contributed by atoms with Gasteiger partial charge in [-0.15, -0.1) is 12.3 Å². The van der Waals surface area contributed by atoms with Crippen LogP contribution in [0.1, 0.15) is 87.5 Å². The molecule has 2 heterocycles. The Morgan fingerprint density at radius 1 is 0.848 bits per heavy atom. The molecule has 4 rings (SSSR count). The average molecular weight is 627 g/mol. The summed E-state index contributed by atoms with van der Waals surface area (Å²) in [6, 6.07) is 0. The number of epoxide rings is 2. The lowest BCUT2D eigenvalue weighted by molar-refractivity contribution is -0.118. The van der Waals surface area contributed by atoms with Gasteiger partial charge in [0, 0.05) is 30.3 Å². The topological polar surface area (TPSA) is 82.6 Å². The van der Waals surface area contributed by atoms with Crippen molar-refractivity contribution in [3.63, 3.8) is 0 Å². The van der Waals surface area contributed by atoms with Gasteiger partial charge in [0.1, 0.15) is 11.2 Å². The summed E-state index contributed by atoms with van der Waals surface area (Å²) in [4.78, 5) is 13.1. The van der Waals surface area contributed by atoms with Gasteiger partial charge >= 0.3 is 0 Å². The molecular weight excluding hydrogens is 572 g/mol.